The Morgan fingerprint density at radius 2 is 1.66 bits per heavy atom. The number of aromatic nitrogens is 3. The van der Waals surface area contributed by atoms with Crippen LogP contribution in [0.5, 0.6) is 11.8 Å². The fraction of sp³-hybridized carbons (Fsp3) is 0.308. The van der Waals surface area contributed by atoms with Gasteiger partial charge in [-0.2, -0.15) is 28.1 Å². The summed E-state index contributed by atoms with van der Waals surface area (Å²) < 4.78 is 75.2. The van der Waals surface area contributed by atoms with Crippen LogP contribution in [-0.4, -0.2) is 48.7 Å². The third-order valence-corrected chi connectivity index (χ3v) is 6.57. The Hall–Kier alpha value is -4.40. The largest absolute Gasteiger partial charge is 0.494 e. The van der Waals surface area contributed by atoms with E-state index in [0.29, 0.717) is 24.5 Å². The molecule has 2 aromatic carbocycles. The molecular weight excluding hydrogens is 565 g/mol. The average Bonchev–Trinajstić information content (AvgIpc) is 2.92. The van der Waals surface area contributed by atoms with E-state index in [4.69, 9.17) is 9.47 Å². The number of rotatable bonds is 2. The summed E-state index contributed by atoms with van der Waals surface area (Å²) in [7, 11) is -3.99. The van der Waals surface area contributed by atoms with E-state index < -0.39 is 34.7 Å². The van der Waals surface area contributed by atoms with Gasteiger partial charge in [0.25, 0.3) is 15.9 Å². The van der Waals surface area contributed by atoms with Gasteiger partial charge in [-0.15, -0.1) is 0 Å². The van der Waals surface area contributed by atoms with Crippen molar-refractivity contribution in [1.82, 2.24) is 19.7 Å². The summed E-state index contributed by atoms with van der Waals surface area (Å²) >= 11 is 0. The third kappa shape index (κ3) is 9.94. The van der Waals surface area contributed by atoms with E-state index in [0.717, 1.165) is 30.2 Å². The standard InChI is InChI=1S/C26H27F3N6O5S/c27-26(28,29)17-40-25-33-23-30-16-18-6-12-21(13-7-18)39-14-4-2-1-3-5-15-41(37,38)35-22(36)19-8-10-20(11-9-19)31-24(32-23)34-25/h5-13,15H,1-4,14,16-17H2,(H,35,36)(H2,30,31,32,33,34)/b15-5-. The van der Waals surface area contributed by atoms with Gasteiger partial charge >= 0.3 is 12.2 Å². The van der Waals surface area contributed by atoms with Crippen molar-refractivity contribution in [3.8, 4) is 11.8 Å². The lowest BCUT2D eigenvalue weighted by molar-refractivity contribution is -0.154. The Balaban J connectivity index is 1.58. The quantitative estimate of drug-likeness (QED) is 0.383. The first-order valence-corrected chi connectivity index (χ1v) is 14.1. The maximum atomic E-state index is 12.7. The Labute approximate surface area is 234 Å². The van der Waals surface area contributed by atoms with Crippen LogP contribution in [0, 0.1) is 0 Å². The first kappa shape index (κ1) is 29.6. The van der Waals surface area contributed by atoms with E-state index in [9.17, 15) is 26.4 Å². The number of sulfonamides is 1. The molecule has 0 aliphatic carbocycles. The van der Waals surface area contributed by atoms with Crippen LogP contribution in [0.4, 0.5) is 30.8 Å². The van der Waals surface area contributed by atoms with Crippen LogP contribution in [0.1, 0.15) is 41.6 Å². The van der Waals surface area contributed by atoms with Gasteiger partial charge in [-0.1, -0.05) is 18.2 Å². The lowest BCUT2D eigenvalue weighted by Gasteiger charge is -2.12. The first-order chi connectivity index (χ1) is 19.5. The molecule has 0 saturated carbocycles. The second-order valence-electron chi connectivity index (χ2n) is 8.91. The molecule has 41 heavy (non-hydrogen) atoms. The molecule has 6 bridgehead atoms. The smallest absolute Gasteiger partial charge is 0.422 e. The highest BCUT2D eigenvalue weighted by Gasteiger charge is 2.29. The number of alkyl halides is 3. The summed E-state index contributed by atoms with van der Waals surface area (Å²) in [5, 5.41) is 6.72. The van der Waals surface area contributed by atoms with E-state index in [1.165, 1.54) is 30.3 Å². The molecule has 0 unspecified atom stereocenters. The normalized spacial score (nSPS) is 17.1. The van der Waals surface area contributed by atoms with E-state index >= 15 is 0 Å². The van der Waals surface area contributed by atoms with Gasteiger partial charge in [0, 0.05) is 23.2 Å². The molecule has 6 rings (SSSR count). The van der Waals surface area contributed by atoms with Gasteiger partial charge in [-0.05, 0) is 67.6 Å². The zero-order valence-electron chi connectivity index (χ0n) is 21.6. The Morgan fingerprint density at radius 1 is 0.927 bits per heavy atom. The van der Waals surface area contributed by atoms with Crippen molar-refractivity contribution in [2.75, 3.05) is 23.8 Å². The molecule has 3 aliphatic heterocycles. The highest BCUT2D eigenvalue weighted by molar-refractivity contribution is 7.92. The number of hydrogen-bond donors (Lipinski definition) is 3. The number of carbonyl (C=O) groups is 1. The fourth-order valence-electron chi connectivity index (χ4n) is 3.57. The number of carbonyl (C=O) groups excluding carboxylic acids is 1. The van der Waals surface area contributed by atoms with Gasteiger partial charge in [0.05, 0.1) is 6.61 Å². The zero-order chi connectivity index (χ0) is 29.3. The molecule has 0 fully saturated rings. The first-order valence-electron chi connectivity index (χ1n) is 12.6. The monoisotopic (exact) mass is 592 g/mol. The predicted molar refractivity (Wildman–Crippen MR) is 144 cm³/mol. The summed E-state index contributed by atoms with van der Waals surface area (Å²) in [6.07, 6.45) is -0.240. The molecule has 15 heteroatoms. The van der Waals surface area contributed by atoms with Gasteiger partial charge in [0.2, 0.25) is 11.9 Å². The summed E-state index contributed by atoms with van der Waals surface area (Å²) in [4.78, 5) is 24.4. The van der Waals surface area contributed by atoms with Crippen LogP contribution in [0.2, 0.25) is 0 Å². The van der Waals surface area contributed by atoms with E-state index in [2.05, 4.69) is 25.6 Å². The maximum Gasteiger partial charge on any atom is 0.422 e. The summed E-state index contributed by atoms with van der Waals surface area (Å²) in [5.74, 6) is -0.329. The highest BCUT2D eigenvalue weighted by atomic mass is 32.2. The number of ether oxygens (including phenoxy) is 2. The van der Waals surface area contributed by atoms with E-state index in [-0.39, 0.29) is 24.0 Å². The number of amides is 1. The average molecular weight is 593 g/mol. The number of halogens is 3. The van der Waals surface area contributed by atoms with Crippen LogP contribution in [-0.2, 0) is 16.6 Å². The van der Waals surface area contributed by atoms with Gasteiger partial charge in [0.1, 0.15) is 5.75 Å². The van der Waals surface area contributed by atoms with Crippen molar-refractivity contribution in [3.05, 3.63) is 71.1 Å². The molecule has 3 aliphatic rings. The minimum absolute atomic E-state index is 0.0419. The fourth-order valence-corrected chi connectivity index (χ4v) is 4.40. The van der Waals surface area contributed by atoms with E-state index in [1.807, 2.05) is 16.9 Å². The van der Waals surface area contributed by atoms with Gasteiger partial charge in [-0.3, -0.25) is 4.79 Å². The molecule has 218 valence electrons. The number of nitrogens with zero attached hydrogens (tertiary/aromatic N) is 3. The van der Waals surface area contributed by atoms with Crippen molar-refractivity contribution in [2.24, 2.45) is 0 Å². The zero-order valence-corrected chi connectivity index (χ0v) is 22.5. The van der Waals surface area contributed by atoms with Crippen LogP contribution in [0.3, 0.4) is 0 Å². The molecule has 3 aromatic rings. The molecule has 0 radical (unpaired) electrons. The Kier molecular flexibility index (Phi) is 9.60. The summed E-state index contributed by atoms with van der Waals surface area (Å²) in [6, 6.07) is 12.3. The number of fused-ring (bicyclic) bond motifs is 2. The minimum Gasteiger partial charge on any atom is -0.494 e. The molecule has 0 saturated heterocycles. The number of nitrogens with one attached hydrogen (secondary N) is 3. The summed E-state index contributed by atoms with van der Waals surface area (Å²) in [5.41, 5.74) is 1.27. The van der Waals surface area contributed by atoms with Gasteiger partial charge in [-0.25, -0.2) is 13.1 Å². The van der Waals surface area contributed by atoms with Crippen molar-refractivity contribution < 1.29 is 35.9 Å². The van der Waals surface area contributed by atoms with Gasteiger partial charge in [0.15, 0.2) is 6.61 Å². The lowest BCUT2D eigenvalue weighted by atomic mass is 10.2. The van der Waals surface area contributed by atoms with Crippen LogP contribution < -0.4 is 24.8 Å². The second-order valence-corrected chi connectivity index (χ2v) is 10.5. The molecule has 0 atom stereocenters. The molecule has 1 aromatic heterocycles. The maximum absolute atomic E-state index is 12.7. The lowest BCUT2D eigenvalue weighted by Crippen LogP contribution is -2.28. The third-order valence-electron chi connectivity index (χ3n) is 5.55. The predicted octanol–water partition coefficient (Wildman–Crippen LogP) is 4.69. The van der Waals surface area contributed by atoms with Crippen molar-refractivity contribution in [1.29, 1.82) is 0 Å². The molecule has 0 spiro atoms. The van der Waals surface area contributed by atoms with Crippen molar-refractivity contribution >= 4 is 33.5 Å². The van der Waals surface area contributed by atoms with Gasteiger partial charge < -0.3 is 20.1 Å². The van der Waals surface area contributed by atoms with Crippen LogP contribution in [0.15, 0.2) is 60.0 Å². The second kappa shape index (κ2) is 13.3. The SMILES string of the molecule is O=C1NS(=O)(=O)/C=C\CCCCCOc2ccc(cc2)CNc2nc(nc(OCC(F)(F)F)n2)Nc2ccc1cc2. The highest BCUT2D eigenvalue weighted by Crippen LogP contribution is 2.21. The van der Waals surface area contributed by atoms with Crippen LogP contribution in [0.25, 0.3) is 0 Å². The number of anilines is 3. The Bertz CT molecular complexity index is 1470. The van der Waals surface area contributed by atoms with Crippen LogP contribution >= 0.6 is 0 Å². The number of benzene rings is 2. The number of allylic oxidation sites excluding steroid dienone is 1. The molecule has 11 nitrogen and oxygen atoms in total. The number of hydrogen-bond acceptors (Lipinski definition) is 10. The molecule has 1 amide bonds. The van der Waals surface area contributed by atoms with Crippen molar-refractivity contribution in [2.45, 2.75) is 38.4 Å². The van der Waals surface area contributed by atoms with E-state index in [1.54, 1.807) is 12.1 Å². The van der Waals surface area contributed by atoms with Crippen molar-refractivity contribution in [3.63, 3.8) is 0 Å². The minimum atomic E-state index is -4.60. The molecule has 4 heterocycles. The molecular formula is C26H27F3N6O5S. The summed E-state index contributed by atoms with van der Waals surface area (Å²) in [6.45, 7) is -0.863. The Morgan fingerprint density at radius 3 is 2.39 bits per heavy atom. The topological polar surface area (TPSA) is 144 Å². The molecule has 3 N–H and O–H groups in total.